The van der Waals surface area contributed by atoms with Gasteiger partial charge in [-0.1, -0.05) is 22.9 Å². The highest BCUT2D eigenvalue weighted by Gasteiger charge is 2.01. The predicted molar refractivity (Wildman–Crippen MR) is 84.0 cm³/mol. The zero-order chi connectivity index (χ0) is 12.3. The standard InChI is InChI=1S/C13H15BrN2S.ClH/c1-3-12-9-17-13(16(12)4-2)15-11-7-5-10(14)6-8-11;/h5-9H,3-4H2,1-2H3;1H. The molecule has 0 fully saturated rings. The van der Waals surface area contributed by atoms with Crippen LogP contribution in [-0.2, 0) is 13.0 Å². The molecular weight excluding hydrogens is 332 g/mol. The van der Waals surface area contributed by atoms with Crippen molar-refractivity contribution < 1.29 is 0 Å². The minimum Gasteiger partial charge on any atom is -0.321 e. The molecule has 2 aromatic rings. The lowest BCUT2D eigenvalue weighted by atomic mass is 10.3. The molecule has 1 aromatic heterocycles. The van der Waals surface area contributed by atoms with E-state index in [0.29, 0.717) is 0 Å². The van der Waals surface area contributed by atoms with E-state index >= 15 is 0 Å². The van der Waals surface area contributed by atoms with Crippen molar-refractivity contribution in [1.82, 2.24) is 4.57 Å². The minimum absolute atomic E-state index is 0. The highest BCUT2D eigenvalue weighted by Crippen LogP contribution is 2.16. The summed E-state index contributed by atoms with van der Waals surface area (Å²) in [6.45, 7) is 5.31. The van der Waals surface area contributed by atoms with E-state index in [4.69, 9.17) is 0 Å². The van der Waals surface area contributed by atoms with Crippen LogP contribution in [0.4, 0.5) is 5.69 Å². The summed E-state index contributed by atoms with van der Waals surface area (Å²) in [5, 5.41) is 2.20. The van der Waals surface area contributed by atoms with E-state index < -0.39 is 0 Å². The van der Waals surface area contributed by atoms with Gasteiger partial charge in [0, 0.05) is 22.1 Å². The monoisotopic (exact) mass is 346 g/mol. The largest absolute Gasteiger partial charge is 0.321 e. The zero-order valence-corrected chi connectivity index (χ0v) is 13.6. The molecule has 1 aromatic carbocycles. The maximum atomic E-state index is 4.68. The molecule has 0 amide bonds. The SMILES string of the molecule is CCc1csc(=Nc2ccc(Br)cc2)n1CC.Cl. The van der Waals surface area contributed by atoms with Crippen molar-refractivity contribution in [3.8, 4) is 0 Å². The van der Waals surface area contributed by atoms with Gasteiger partial charge in [0.1, 0.15) is 0 Å². The summed E-state index contributed by atoms with van der Waals surface area (Å²) in [6, 6.07) is 8.08. The Morgan fingerprint density at radius 3 is 2.44 bits per heavy atom. The van der Waals surface area contributed by atoms with E-state index in [0.717, 1.165) is 27.9 Å². The van der Waals surface area contributed by atoms with Gasteiger partial charge in [0.25, 0.3) is 0 Å². The third-order valence-electron chi connectivity index (χ3n) is 2.61. The molecule has 0 bridgehead atoms. The lowest BCUT2D eigenvalue weighted by Crippen LogP contribution is -2.15. The fourth-order valence-corrected chi connectivity index (χ4v) is 3.03. The third kappa shape index (κ3) is 3.46. The first-order chi connectivity index (χ1) is 8.24. The van der Waals surface area contributed by atoms with Crippen LogP contribution in [0.25, 0.3) is 0 Å². The second-order valence-corrected chi connectivity index (χ2v) is 5.45. The summed E-state index contributed by atoms with van der Waals surface area (Å²) < 4.78 is 3.35. The summed E-state index contributed by atoms with van der Waals surface area (Å²) in [4.78, 5) is 5.76. The molecule has 2 nitrogen and oxygen atoms in total. The van der Waals surface area contributed by atoms with E-state index in [2.05, 4.69) is 44.7 Å². The van der Waals surface area contributed by atoms with E-state index in [-0.39, 0.29) is 12.4 Å². The lowest BCUT2D eigenvalue weighted by Gasteiger charge is -2.02. The van der Waals surface area contributed by atoms with E-state index in [1.54, 1.807) is 11.3 Å². The topological polar surface area (TPSA) is 17.3 Å². The number of hydrogen-bond donors (Lipinski definition) is 0. The van der Waals surface area contributed by atoms with Crippen LogP contribution in [0.1, 0.15) is 19.5 Å². The maximum absolute atomic E-state index is 4.68. The number of halogens is 2. The molecule has 0 N–H and O–H groups in total. The summed E-state index contributed by atoms with van der Waals surface area (Å²) >= 11 is 5.14. The molecule has 0 aliphatic carbocycles. The molecule has 0 aliphatic heterocycles. The Labute approximate surface area is 126 Å². The molecular formula is C13H16BrClN2S. The van der Waals surface area contributed by atoms with Gasteiger partial charge in [-0.2, -0.15) is 0 Å². The minimum atomic E-state index is 0. The van der Waals surface area contributed by atoms with Crippen LogP contribution in [0.15, 0.2) is 39.1 Å². The molecule has 0 saturated carbocycles. The van der Waals surface area contributed by atoms with Crippen LogP contribution in [-0.4, -0.2) is 4.57 Å². The van der Waals surface area contributed by atoms with E-state index in [1.165, 1.54) is 5.69 Å². The van der Waals surface area contributed by atoms with Gasteiger partial charge in [0.05, 0.1) is 5.69 Å². The molecule has 2 rings (SSSR count). The van der Waals surface area contributed by atoms with Gasteiger partial charge in [0.2, 0.25) is 0 Å². The smallest absolute Gasteiger partial charge is 0.190 e. The average Bonchev–Trinajstić information content (AvgIpc) is 2.74. The Morgan fingerprint density at radius 2 is 1.89 bits per heavy atom. The summed E-state index contributed by atoms with van der Waals surface area (Å²) in [6.07, 6.45) is 1.06. The van der Waals surface area contributed by atoms with Crippen molar-refractivity contribution >= 4 is 45.4 Å². The molecule has 0 atom stereocenters. The van der Waals surface area contributed by atoms with Crippen molar-refractivity contribution in [2.24, 2.45) is 4.99 Å². The third-order valence-corrected chi connectivity index (χ3v) is 4.05. The van der Waals surface area contributed by atoms with Gasteiger partial charge in [-0.25, -0.2) is 4.99 Å². The zero-order valence-electron chi connectivity index (χ0n) is 10.4. The summed E-state index contributed by atoms with van der Waals surface area (Å²) in [5.74, 6) is 0. The lowest BCUT2D eigenvalue weighted by molar-refractivity contribution is 0.693. The first-order valence-electron chi connectivity index (χ1n) is 5.72. The molecule has 0 radical (unpaired) electrons. The predicted octanol–water partition coefficient (Wildman–Crippen LogP) is 4.55. The van der Waals surface area contributed by atoms with Gasteiger partial charge < -0.3 is 4.57 Å². The van der Waals surface area contributed by atoms with Crippen LogP contribution in [0, 0.1) is 0 Å². The highest BCUT2D eigenvalue weighted by atomic mass is 79.9. The summed E-state index contributed by atoms with van der Waals surface area (Å²) in [7, 11) is 0. The molecule has 18 heavy (non-hydrogen) atoms. The number of benzene rings is 1. The first-order valence-corrected chi connectivity index (χ1v) is 7.39. The Hall–Kier alpha value is -0.580. The van der Waals surface area contributed by atoms with Crippen molar-refractivity contribution in [3.63, 3.8) is 0 Å². The molecule has 5 heteroatoms. The summed E-state index contributed by atoms with van der Waals surface area (Å²) in [5.41, 5.74) is 2.35. The number of nitrogens with zero attached hydrogens (tertiary/aromatic N) is 2. The Morgan fingerprint density at radius 1 is 1.22 bits per heavy atom. The van der Waals surface area contributed by atoms with Gasteiger partial charge in [-0.3, -0.25) is 0 Å². The average molecular weight is 348 g/mol. The van der Waals surface area contributed by atoms with Crippen molar-refractivity contribution in [2.75, 3.05) is 0 Å². The Balaban J connectivity index is 0.00000162. The Kier molecular flexibility index (Phi) is 6.12. The molecule has 0 spiro atoms. The van der Waals surface area contributed by atoms with E-state index in [9.17, 15) is 0 Å². The van der Waals surface area contributed by atoms with Crippen LogP contribution in [0.2, 0.25) is 0 Å². The van der Waals surface area contributed by atoms with Crippen molar-refractivity contribution in [3.05, 3.63) is 44.6 Å². The highest BCUT2D eigenvalue weighted by molar-refractivity contribution is 9.10. The van der Waals surface area contributed by atoms with E-state index in [1.807, 2.05) is 24.3 Å². The fraction of sp³-hybridized carbons (Fsp3) is 0.308. The maximum Gasteiger partial charge on any atom is 0.190 e. The molecule has 0 unspecified atom stereocenters. The molecule has 0 saturated heterocycles. The normalized spacial score (nSPS) is 11.4. The van der Waals surface area contributed by atoms with Crippen LogP contribution >= 0.6 is 39.7 Å². The van der Waals surface area contributed by atoms with Crippen molar-refractivity contribution in [2.45, 2.75) is 26.8 Å². The first kappa shape index (κ1) is 15.5. The quantitative estimate of drug-likeness (QED) is 0.775. The fourth-order valence-electron chi connectivity index (χ4n) is 1.70. The number of hydrogen-bond acceptors (Lipinski definition) is 2. The molecule has 1 heterocycles. The molecule has 0 aliphatic rings. The van der Waals surface area contributed by atoms with Gasteiger partial charge >= 0.3 is 0 Å². The van der Waals surface area contributed by atoms with Crippen molar-refractivity contribution in [1.29, 1.82) is 0 Å². The van der Waals surface area contributed by atoms with Gasteiger partial charge in [0.15, 0.2) is 4.80 Å². The van der Waals surface area contributed by atoms with Crippen LogP contribution in [0.5, 0.6) is 0 Å². The van der Waals surface area contributed by atoms with Crippen LogP contribution < -0.4 is 4.80 Å². The number of aromatic nitrogens is 1. The van der Waals surface area contributed by atoms with Gasteiger partial charge in [-0.15, -0.1) is 23.7 Å². The second kappa shape index (κ2) is 7.12. The number of aryl methyl sites for hydroxylation is 1. The Bertz CT molecular complexity index is 557. The van der Waals surface area contributed by atoms with Crippen LogP contribution in [0.3, 0.4) is 0 Å². The number of thiazole rings is 1. The second-order valence-electron chi connectivity index (χ2n) is 3.70. The number of rotatable bonds is 3. The molecule has 98 valence electrons. The van der Waals surface area contributed by atoms with Gasteiger partial charge in [-0.05, 0) is 37.6 Å².